The Bertz CT molecular complexity index is 495. The summed E-state index contributed by atoms with van der Waals surface area (Å²) in [5, 5.41) is 2.60. The molecule has 1 amide bonds. The Hall–Kier alpha value is -1.36. The Labute approximate surface area is 123 Å². The minimum atomic E-state index is -0.385. The van der Waals surface area contributed by atoms with Gasteiger partial charge in [0.15, 0.2) is 6.61 Å². The van der Waals surface area contributed by atoms with Crippen molar-refractivity contribution in [3.05, 3.63) is 21.4 Å². The van der Waals surface area contributed by atoms with Gasteiger partial charge in [-0.1, -0.05) is 13.3 Å². The molecule has 1 aromatic rings. The van der Waals surface area contributed by atoms with Crippen molar-refractivity contribution in [3.8, 4) is 0 Å². The van der Waals surface area contributed by atoms with E-state index in [-0.39, 0.29) is 18.5 Å². The Morgan fingerprint density at radius 3 is 2.95 bits per heavy atom. The Kier molecular flexibility index (Phi) is 5.17. The second-order valence-electron chi connectivity index (χ2n) is 5.11. The van der Waals surface area contributed by atoms with Gasteiger partial charge in [-0.2, -0.15) is 0 Å². The molecule has 1 atom stereocenters. The smallest absolute Gasteiger partial charge is 0.348 e. The first-order valence-electron chi connectivity index (χ1n) is 7.19. The zero-order valence-electron chi connectivity index (χ0n) is 12.0. The van der Waals surface area contributed by atoms with Gasteiger partial charge in [-0.15, -0.1) is 11.3 Å². The number of fused-ring (bicyclic) bond motifs is 1. The molecule has 0 radical (unpaired) electrons. The van der Waals surface area contributed by atoms with Crippen molar-refractivity contribution in [3.63, 3.8) is 0 Å². The van der Waals surface area contributed by atoms with Gasteiger partial charge >= 0.3 is 5.97 Å². The fraction of sp³-hybridized carbons (Fsp3) is 0.600. The average Bonchev–Trinajstić information content (AvgIpc) is 2.87. The summed E-state index contributed by atoms with van der Waals surface area (Å²) in [5.41, 5.74) is 1.29. The van der Waals surface area contributed by atoms with Gasteiger partial charge in [0.1, 0.15) is 4.88 Å². The van der Waals surface area contributed by atoms with Crippen LogP contribution in [0.1, 0.15) is 46.8 Å². The third-order valence-electron chi connectivity index (χ3n) is 3.67. The molecular formula is C15H21NO3S. The molecule has 0 bridgehead atoms. The number of aryl methyl sites for hydroxylation is 1. The minimum absolute atomic E-state index is 0.202. The van der Waals surface area contributed by atoms with Crippen LogP contribution in [-0.2, 0) is 22.4 Å². The summed E-state index contributed by atoms with van der Waals surface area (Å²) >= 11 is 1.51. The van der Waals surface area contributed by atoms with Gasteiger partial charge in [0, 0.05) is 11.4 Å². The molecule has 4 nitrogen and oxygen atoms in total. The molecule has 110 valence electrons. The Balaban J connectivity index is 1.95. The second-order valence-corrected chi connectivity index (χ2v) is 6.24. The van der Waals surface area contributed by atoms with Crippen LogP contribution in [0.15, 0.2) is 6.07 Å². The monoisotopic (exact) mass is 295 g/mol. The number of amides is 1. The lowest BCUT2D eigenvalue weighted by atomic mass is 9.87. The number of ether oxygens (including phenoxy) is 1. The Morgan fingerprint density at radius 2 is 2.25 bits per heavy atom. The van der Waals surface area contributed by atoms with Crippen molar-refractivity contribution >= 4 is 23.2 Å². The third-order valence-corrected chi connectivity index (χ3v) is 4.89. The van der Waals surface area contributed by atoms with Crippen LogP contribution in [0.3, 0.4) is 0 Å². The summed E-state index contributed by atoms with van der Waals surface area (Å²) in [4.78, 5) is 25.1. The summed E-state index contributed by atoms with van der Waals surface area (Å²) in [6.45, 7) is 4.38. The maximum absolute atomic E-state index is 11.9. The first-order chi connectivity index (χ1) is 9.63. The van der Waals surface area contributed by atoms with Crippen molar-refractivity contribution in [2.75, 3.05) is 13.2 Å². The molecule has 0 saturated carbocycles. The maximum Gasteiger partial charge on any atom is 0.348 e. The SMILES string of the molecule is CCNC(=O)COC(=O)c1cc2c(s1)CCC(CC)C2. The van der Waals surface area contributed by atoms with Crippen LogP contribution in [0.25, 0.3) is 0 Å². The van der Waals surface area contributed by atoms with Gasteiger partial charge in [0.2, 0.25) is 0 Å². The zero-order valence-corrected chi connectivity index (χ0v) is 12.8. The summed E-state index contributed by atoms with van der Waals surface area (Å²) in [7, 11) is 0. The quantitative estimate of drug-likeness (QED) is 0.849. The molecule has 0 spiro atoms. The van der Waals surface area contributed by atoms with E-state index in [0.29, 0.717) is 11.4 Å². The topological polar surface area (TPSA) is 55.4 Å². The lowest BCUT2D eigenvalue weighted by Crippen LogP contribution is -2.28. The van der Waals surface area contributed by atoms with Gasteiger partial charge in [0.25, 0.3) is 5.91 Å². The molecule has 0 aliphatic heterocycles. The van der Waals surface area contributed by atoms with E-state index in [1.54, 1.807) is 0 Å². The van der Waals surface area contributed by atoms with E-state index in [1.807, 2.05) is 13.0 Å². The van der Waals surface area contributed by atoms with Gasteiger partial charge in [0.05, 0.1) is 0 Å². The van der Waals surface area contributed by atoms with Crippen LogP contribution in [-0.4, -0.2) is 25.0 Å². The molecule has 2 rings (SSSR count). The van der Waals surface area contributed by atoms with Crippen molar-refractivity contribution in [1.82, 2.24) is 5.32 Å². The lowest BCUT2D eigenvalue weighted by Gasteiger charge is -2.19. The van der Waals surface area contributed by atoms with E-state index in [9.17, 15) is 9.59 Å². The molecule has 0 aromatic carbocycles. The number of thiophene rings is 1. The van der Waals surface area contributed by atoms with E-state index < -0.39 is 0 Å². The second kappa shape index (κ2) is 6.88. The van der Waals surface area contributed by atoms with Crippen molar-refractivity contribution in [2.45, 2.75) is 39.5 Å². The van der Waals surface area contributed by atoms with E-state index in [2.05, 4.69) is 12.2 Å². The highest BCUT2D eigenvalue weighted by Crippen LogP contribution is 2.33. The predicted molar refractivity (Wildman–Crippen MR) is 79.1 cm³/mol. The number of carbonyl (C=O) groups excluding carboxylic acids is 2. The standard InChI is InChI=1S/C15H21NO3S/c1-3-10-5-6-12-11(7-10)8-13(20-12)15(18)19-9-14(17)16-4-2/h8,10H,3-7,9H2,1-2H3,(H,16,17). The predicted octanol–water partition coefficient (Wildman–Crippen LogP) is 2.56. The molecule has 1 aliphatic rings. The van der Waals surface area contributed by atoms with Crippen LogP contribution in [0.5, 0.6) is 0 Å². The van der Waals surface area contributed by atoms with Crippen LogP contribution < -0.4 is 5.32 Å². The third kappa shape index (κ3) is 3.60. The van der Waals surface area contributed by atoms with E-state index in [1.165, 1.54) is 34.6 Å². The van der Waals surface area contributed by atoms with Gasteiger partial charge in [-0.25, -0.2) is 4.79 Å². The summed E-state index contributed by atoms with van der Waals surface area (Å²) in [6.07, 6.45) is 4.51. The van der Waals surface area contributed by atoms with Gasteiger partial charge in [-0.05, 0) is 43.7 Å². The fourth-order valence-electron chi connectivity index (χ4n) is 2.50. The zero-order chi connectivity index (χ0) is 14.5. The molecule has 0 fully saturated rings. The maximum atomic E-state index is 11.9. The number of rotatable bonds is 5. The van der Waals surface area contributed by atoms with E-state index >= 15 is 0 Å². The highest BCUT2D eigenvalue weighted by molar-refractivity contribution is 7.14. The number of nitrogens with one attached hydrogen (secondary N) is 1. The summed E-state index contributed by atoms with van der Waals surface area (Å²) < 4.78 is 5.03. The molecule has 1 N–H and O–H groups in total. The normalized spacial score (nSPS) is 17.4. The number of likely N-dealkylation sites (N-methyl/N-ethyl adjacent to an activating group) is 1. The van der Waals surface area contributed by atoms with Crippen molar-refractivity contribution < 1.29 is 14.3 Å². The van der Waals surface area contributed by atoms with Gasteiger partial charge < -0.3 is 10.1 Å². The van der Waals surface area contributed by atoms with Crippen LogP contribution in [0.4, 0.5) is 0 Å². The number of carbonyl (C=O) groups is 2. The number of hydrogen-bond acceptors (Lipinski definition) is 4. The summed E-state index contributed by atoms with van der Waals surface area (Å²) in [6, 6.07) is 1.95. The van der Waals surface area contributed by atoms with Crippen LogP contribution >= 0.6 is 11.3 Å². The van der Waals surface area contributed by atoms with Crippen LogP contribution in [0, 0.1) is 5.92 Å². The largest absolute Gasteiger partial charge is 0.451 e. The van der Waals surface area contributed by atoms with Crippen molar-refractivity contribution in [2.24, 2.45) is 5.92 Å². The summed E-state index contributed by atoms with van der Waals surface area (Å²) in [5.74, 6) is 0.0909. The van der Waals surface area contributed by atoms with Gasteiger partial charge in [-0.3, -0.25) is 4.79 Å². The molecule has 0 saturated heterocycles. The van der Waals surface area contributed by atoms with Crippen molar-refractivity contribution in [1.29, 1.82) is 0 Å². The number of esters is 1. The highest BCUT2D eigenvalue weighted by atomic mass is 32.1. The molecule has 20 heavy (non-hydrogen) atoms. The average molecular weight is 295 g/mol. The van der Waals surface area contributed by atoms with E-state index in [0.717, 1.165) is 18.8 Å². The molecule has 1 aromatic heterocycles. The fourth-order valence-corrected chi connectivity index (χ4v) is 3.60. The first-order valence-corrected chi connectivity index (χ1v) is 8.01. The minimum Gasteiger partial charge on any atom is -0.451 e. The first kappa shape index (κ1) is 15.0. The molecular weight excluding hydrogens is 274 g/mol. The molecule has 1 aliphatic carbocycles. The highest BCUT2D eigenvalue weighted by Gasteiger charge is 2.22. The molecule has 5 heteroatoms. The van der Waals surface area contributed by atoms with E-state index in [4.69, 9.17) is 4.74 Å². The Morgan fingerprint density at radius 1 is 1.45 bits per heavy atom. The molecule has 1 unspecified atom stereocenters. The lowest BCUT2D eigenvalue weighted by molar-refractivity contribution is -0.124. The van der Waals surface area contributed by atoms with Crippen LogP contribution in [0.2, 0.25) is 0 Å². The molecule has 1 heterocycles. The number of hydrogen-bond donors (Lipinski definition) is 1.